The van der Waals surface area contributed by atoms with Crippen LogP contribution in [0.1, 0.15) is 51.3 Å². The van der Waals surface area contributed by atoms with E-state index in [1.54, 1.807) is 29.8 Å². The lowest BCUT2D eigenvalue weighted by atomic mass is 10.0. The fourth-order valence-electron chi connectivity index (χ4n) is 5.30. The van der Waals surface area contributed by atoms with E-state index in [9.17, 15) is 14.4 Å². The van der Waals surface area contributed by atoms with E-state index in [1.165, 1.54) is 16.2 Å². The van der Waals surface area contributed by atoms with Crippen molar-refractivity contribution in [3.05, 3.63) is 75.1 Å². The van der Waals surface area contributed by atoms with Gasteiger partial charge in [-0.25, -0.2) is 0 Å². The van der Waals surface area contributed by atoms with Gasteiger partial charge in [-0.2, -0.15) is 0 Å². The summed E-state index contributed by atoms with van der Waals surface area (Å²) in [5.74, 6) is -2.27. The van der Waals surface area contributed by atoms with Crippen LogP contribution in [-0.2, 0) is 19.1 Å². The van der Waals surface area contributed by atoms with Crippen LogP contribution in [0.2, 0.25) is 0 Å². The highest BCUT2D eigenvalue weighted by atomic mass is 32.1. The Morgan fingerprint density at radius 3 is 2.52 bits per heavy atom. The largest absolute Gasteiger partial charge is 0.384 e. The lowest BCUT2D eigenvalue weighted by molar-refractivity contribution is -0.152. The maximum absolute atomic E-state index is 13.4. The summed E-state index contributed by atoms with van der Waals surface area (Å²) in [7, 11) is 0. The van der Waals surface area contributed by atoms with Crippen LogP contribution in [0.25, 0.3) is 11.3 Å². The molecule has 2 saturated heterocycles. The van der Waals surface area contributed by atoms with Crippen molar-refractivity contribution in [2.45, 2.75) is 45.1 Å². The van der Waals surface area contributed by atoms with Gasteiger partial charge in [-0.3, -0.25) is 24.8 Å². The molecule has 2 atom stereocenters. The summed E-state index contributed by atoms with van der Waals surface area (Å²) < 4.78 is 11.6. The second kappa shape index (κ2) is 12.0. The smallest absolute Gasteiger partial charge is 0.251 e. The van der Waals surface area contributed by atoms with E-state index >= 15 is 0 Å². The molecular weight excluding hydrogens is 556 g/mol. The zero-order chi connectivity index (χ0) is 30.0. The number of ether oxygens (including phenoxy) is 2. The molecule has 1 aromatic carbocycles. The van der Waals surface area contributed by atoms with Gasteiger partial charge < -0.3 is 30.7 Å². The predicted octanol–water partition coefficient (Wildman–Crippen LogP) is 2.66. The Labute approximate surface area is 247 Å². The molecule has 2 aliphatic rings. The second-order valence-electron chi connectivity index (χ2n) is 10.7. The molecule has 42 heavy (non-hydrogen) atoms. The Kier molecular flexibility index (Phi) is 8.39. The SMILES string of the molecule is Cc1cnc(-c2ccc(C(=O)NCC(=O)N3CC4(C[C@H]3C(=O)NC(C)c3cc(C(=N)N)cs3)OCCO4)cc2)c(C)c1. The summed E-state index contributed by atoms with van der Waals surface area (Å²) in [6.45, 7) is 6.35. The van der Waals surface area contributed by atoms with Crippen LogP contribution >= 0.6 is 11.3 Å². The lowest BCUT2D eigenvalue weighted by Gasteiger charge is -2.25. The van der Waals surface area contributed by atoms with E-state index in [0.717, 1.165) is 27.3 Å². The number of thiophene rings is 1. The van der Waals surface area contributed by atoms with Crippen molar-refractivity contribution in [2.75, 3.05) is 26.3 Å². The maximum Gasteiger partial charge on any atom is 0.251 e. The average molecular weight is 591 g/mol. The number of carbonyl (C=O) groups is 3. The number of hydrogen-bond donors (Lipinski definition) is 4. The second-order valence-corrected chi connectivity index (χ2v) is 11.6. The number of nitrogens with zero attached hydrogens (tertiary/aromatic N) is 2. The quantitative estimate of drug-likeness (QED) is 0.232. The first-order valence-electron chi connectivity index (χ1n) is 13.7. The summed E-state index contributed by atoms with van der Waals surface area (Å²) in [6, 6.07) is 9.66. The van der Waals surface area contributed by atoms with Crippen molar-refractivity contribution in [1.82, 2.24) is 20.5 Å². The zero-order valence-corrected chi connectivity index (χ0v) is 24.5. The Morgan fingerprint density at radius 1 is 1.17 bits per heavy atom. The molecule has 2 fully saturated rings. The summed E-state index contributed by atoms with van der Waals surface area (Å²) in [4.78, 5) is 46.4. The first-order valence-corrected chi connectivity index (χ1v) is 14.6. The minimum Gasteiger partial charge on any atom is -0.384 e. The summed E-state index contributed by atoms with van der Waals surface area (Å²) in [5, 5.41) is 15.0. The van der Waals surface area contributed by atoms with Gasteiger partial charge in [0.2, 0.25) is 11.8 Å². The summed E-state index contributed by atoms with van der Waals surface area (Å²) in [6.07, 6.45) is 1.99. The van der Waals surface area contributed by atoms with Crippen molar-refractivity contribution < 1.29 is 23.9 Å². The Hall–Kier alpha value is -4.13. The molecule has 1 spiro atoms. The number of amides is 3. The molecule has 5 N–H and O–H groups in total. The number of rotatable bonds is 8. The number of nitrogen functional groups attached to an aromatic ring is 1. The van der Waals surface area contributed by atoms with Gasteiger partial charge in [-0.15, -0.1) is 11.3 Å². The molecule has 0 radical (unpaired) electrons. The van der Waals surface area contributed by atoms with Crippen molar-refractivity contribution in [1.29, 1.82) is 5.41 Å². The molecule has 3 amide bonds. The number of carbonyl (C=O) groups excluding carboxylic acids is 3. The molecule has 0 aliphatic carbocycles. The van der Waals surface area contributed by atoms with Crippen molar-refractivity contribution in [3.8, 4) is 11.3 Å². The first-order chi connectivity index (χ1) is 20.0. The number of aryl methyl sites for hydroxylation is 2. The third-order valence-corrected chi connectivity index (χ3v) is 8.60. The minimum absolute atomic E-state index is 0.0440. The molecule has 1 unspecified atom stereocenters. The maximum atomic E-state index is 13.4. The molecule has 11 nitrogen and oxygen atoms in total. The average Bonchev–Trinajstić information content (AvgIpc) is 3.72. The van der Waals surface area contributed by atoms with Gasteiger partial charge in [0.05, 0.1) is 38.0 Å². The molecule has 3 aromatic rings. The van der Waals surface area contributed by atoms with Crippen molar-refractivity contribution >= 4 is 34.9 Å². The van der Waals surface area contributed by atoms with E-state index in [4.69, 9.17) is 20.6 Å². The molecule has 2 aliphatic heterocycles. The van der Waals surface area contributed by atoms with Crippen LogP contribution in [0, 0.1) is 19.3 Å². The summed E-state index contributed by atoms with van der Waals surface area (Å²) in [5.41, 5.74) is 10.4. The zero-order valence-electron chi connectivity index (χ0n) is 23.7. The Balaban J connectivity index is 1.23. The number of amidine groups is 1. The molecule has 0 bridgehead atoms. The monoisotopic (exact) mass is 590 g/mol. The molecule has 220 valence electrons. The van der Waals surface area contributed by atoms with Crippen LogP contribution in [0.5, 0.6) is 0 Å². The highest BCUT2D eigenvalue weighted by Gasteiger charge is 2.52. The van der Waals surface area contributed by atoms with Gasteiger partial charge in [-0.1, -0.05) is 18.2 Å². The van der Waals surface area contributed by atoms with Crippen LogP contribution in [0.15, 0.2) is 48.0 Å². The van der Waals surface area contributed by atoms with Gasteiger partial charge >= 0.3 is 0 Å². The third kappa shape index (κ3) is 6.20. The molecule has 0 saturated carbocycles. The number of nitrogens with one attached hydrogen (secondary N) is 3. The standard InChI is InChI=1S/C30H34N6O5S/c1-17-10-18(2)26(33-13-17)20-4-6-21(7-5-20)28(38)34-14-25(37)36-16-30(40-8-9-41-30)12-23(36)29(39)35-19(3)24-11-22(15-42-24)27(31)32/h4-7,10-11,13,15,19,23H,8-9,12,14,16H2,1-3H3,(H3,31,32)(H,34,38)(H,35,39)/t19?,23-/m0/s1. The molecule has 5 rings (SSSR count). The normalized spacial score (nSPS) is 18.2. The Bertz CT molecular complexity index is 1510. The molecule has 4 heterocycles. The van der Waals surface area contributed by atoms with Crippen LogP contribution in [0.4, 0.5) is 0 Å². The van der Waals surface area contributed by atoms with E-state index in [-0.39, 0.29) is 37.3 Å². The number of likely N-dealkylation sites (tertiary alicyclic amines) is 1. The van der Waals surface area contributed by atoms with Crippen LogP contribution < -0.4 is 16.4 Å². The van der Waals surface area contributed by atoms with Gasteiger partial charge in [0, 0.05) is 39.6 Å². The van der Waals surface area contributed by atoms with E-state index in [1.807, 2.05) is 32.9 Å². The number of hydrogen-bond acceptors (Lipinski definition) is 8. The number of benzene rings is 1. The van der Waals surface area contributed by atoms with Crippen molar-refractivity contribution in [2.24, 2.45) is 5.73 Å². The number of nitrogens with two attached hydrogens (primary N) is 1. The van der Waals surface area contributed by atoms with Crippen LogP contribution in [-0.4, -0.2) is 71.6 Å². The molecular formula is C30H34N6O5S. The van der Waals surface area contributed by atoms with Crippen LogP contribution in [0.3, 0.4) is 0 Å². The topological polar surface area (TPSA) is 160 Å². The highest BCUT2D eigenvalue weighted by Crippen LogP contribution is 2.35. The number of pyridine rings is 1. The fraction of sp³-hybridized carbons (Fsp3) is 0.367. The third-order valence-electron chi connectivity index (χ3n) is 7.48. The van der Waals surface area contributed by atoms with Gasteiger partial charge in [0.15, 0.2) is 5.79 Å². The minimum atomic E-state index is -1.05. The van der Waals surface area contributed by atoms with Gasteiger partial charge in [0.1, 0.15) is 11.9 Å². The summed E-state index contributed by atoms with van der Waals surface area (Å²) >= 11 is 1.39. The highest BCUT2D eigenvalue weighted by molar-refractivity contribution is 7.10. The fourth-order valence-corrected chi connectivity index (χ4v) is 6.22. The predicted molar refractivity (Wildman–Crippen MR) is 158 cm³/mol. The van der Waals surface area contributed by atoms with E-state index in [0.29, 0.717) is 24.3 Å². The first kappa shape index (κ1) is 29.4. The Morgan fingerprint density at radius 2 is 1.88 bits per heavy atom. The van der Waals surface area contributed by atoms with Crippen molar-refractivity contribution in [3.63, 3.8) is 0 Å². The van der Waals surface area contributed by atoms with E-state index < -0.39 is 23.6 Å². The van der Waals surface area contributed by atoms with Gasteiger partial charge in [0.25, 0.3) is 5.91 Å². The van der Waals surface area contributed by atoms with E-state index in [2.05, 4.69) is 21.7 Å². The lowest BCUT2D eigenvalue weighted by Crippen LogP contribution is -2.49. The molecule has 12 heteroatoms. The molecule has 2 aromatic heterocycles. The number of aromatic nitrogens is 1. The van der Waals surface area contributed by atoms with Gasteiger partial charge in [-0.05, 0) is 50.1 Å².